The average molecular weight is 499 g/mol. The van der Waals surface area contributed by atoms with Gasteiger partial charge in [0.25, 0.3) is 0 Å². The van der Waals surface area contributed by atoms with Crippen molar-refractivity contribution in [3.05, 3.63) is 82.8 Å². The maximum atomic E-state index is 14.9. The lowest BCUT2D eigenvalue weighted by atomic mass is 10.1. The molecule has 32 heavy (non-hydrogen) atoms. The Morgan fingerprint density at radius 2 is 1.91 bits per heavy atom. The second kappa shape index (κ2) is 9.48. The first-order valence-corrected chi connectivity index (χ1v) is 10.9. The number of cyclic esters (lactones) is 1. The highest BCUT2D eigenvalue weighted by atomic mass is 79.9. The van der Waals surface area contributed by atoms with Crippen LogP contribution in [0.5, 0.6) is 0 Å². The van der Waals surface area contributed by atoms with Crippen LogP contribution in [0.25, 0.3) is 11.1 Å². The van der Waals surface area contributed by atoms with E-state index in [0.717, 1.165) is 15.6 Å². The van der Waals surface area contributed by atoms with E-state index in [2.05, 4.69) is 21.2 Å². The molecule has 4 rings (SSSR count). The number of aromatic nitrogens is 1. The number of nitrogens with zero attached hydrogens (tertiary/aromatic N) is 2. The Labute approximate surface area is 193 Å². The van der Waals surface area contributed by atoms with Crippen molar-refractivity contribution < 1.29 is 23.3 Å². The highest BCUT2D eigenvalue weighted by molar-refractivity contribution is 9.10. The number of rotatable bonds is 6. The van der Waals surface area contributed by atoms with E-state index in [4.69, 9.17) is 4.74 Å². The summed E-state index contributed by atoms with van der Waals surface area (Å²) in [6.45, 7) is 2.59. The Bertz CT molecular complexity index is 1140. The normalized spacial score (nSPS) is 15.5. The third-order valence-corrected chi connectivity index (χ3v) is 5.73. The highest BCUT2D eigenvalue weighted by Crippen LogP contribution is 2.28. The largest absolute Gasteiger partial charge is 0.442 e. The fourth-order valence-electron chi connectivity index (χ4n) is 3.55. The zero-order valence-corrected chi connectivity index (χ0v) is 19.0. The number of ether oxygens (including phenoxy) is 1. The lowest BCUT2D eigenvalue weighted by molar-refractivity contribution is -0.688. The van der Waals surface area contributed by atoms with E-state index in [0.29, 0.717) is 17.8 Å². The molecule has 0 aliphatic carbocycles. The van der Waals surface area contributed by atoms with Gasteiger partial charge in [-0.05, 0) is 35.9 Å². The summed E-state index contributed by atoms with van der Waals surface area (Å²) in [5.41, 5.74) is 2.78. The monoisotopic (exact) mass is 498 g/mol. The molecule has 6 nitrogen and oxygen atoms in total. The predicted molar refractivity (Wildman–Crippen MR) is 122 cm³/mol. The van der Waals surface area contributed by atoms with Gasteiger partial charge in [0.15, 0.2) is 18.9 Å². The van der Waals surface area contributed by atoms with Gasteiger partial charge in [0.05, 0.1) is 18.8 Å². The van der Waals surface area contributed by atoms with E-state index < -0.39 is 18.0 Å². The summed E-state index contributed by atoms with van der Waals surface area (Å²) < 4.78 is 23.2. The van der Waals surface area contributed by atoms with Gasteiger partial charge in [-0.25, -0.2) is 13.8 Å². The smallest absolute Gasteiger partial charge is 0.414 e. The molecule has 3 aromatic rings. The maximum Gasteiger partial charge on any atom is 0.414 e. The van der Waals surface area contributed by atoms with Crippen LogP contribution in [-0.4, -0.2) is 31.2 Å². The van der Waals surface area contributed by atoms with Crippen LogP contribution in [0.2, 0.25) is 0 Å². The molecular formula is C24H22BrFN3O3+. The van der Waals surface area contributed by atoms with E-state index in [9.17, 15) is 14.0 Å². The lowest BCUT2D eigenvalue weighted by Crippen LogP contribution is -2.33. The Kier molecular flexibility index (Phi) is 6.50. The van der Waals surface area contributed by atoms with Gasteiger partial charge in [0.2, 0.25) is 5.91 Å². The first-order chi connectivity index (χ1) is 15.4. The molecule has 2 amide bonds. The standard InChI is InChI=1S/C24H21BrFN3O3/c1-16(30)27-13-21-15-29(24(31)32-21)20-6-7-22(23(26)12-20)18-8-10-28(11-9-18)14-17-2-4-19(25)5-3-17/h2-12,21H,13-15H2,1H3/p+1/t21-/m0/s1. The van der Waals surface area contributed by atoms with Gasteiger partial charge >= 0.3 is 6.09 Å². The lowest BCUT2D eigenvalue weighted by Gasteiger charge is -2.14. The Morgan fingerprint density at radius 3 is 2.56 bits per heavy atom. The predicted octanol–water partition coefficient (Wildman–Crippen LogP) is 4.05. The first kappa shape index (κ1) is 22.0. The van der Waals surface area contributed by atoms with Crippen LogP contribution in [0.15, 0.2) is 71.5 Å². The number of benzene rings is 2. The number of amides is 2. The van der Waals surface area contributed by atoms with Crippen molar-refractivity contribution in [2.75, 3.05) is 18.0 Å². The van der Waals surface area contributed by atoms with Crippen LogP contribution in [-0.2, 0) is 16.1 Å². The SMILES string of the molecule is CC(=O)NC[C@H]1CN(c2ccc(-c3cc[n+](Cc4ccc(Br)cc4)cc3)c(F)c2)C(=O)O1. The second-order valence-electron chi connectivity index (χ2n) is 7.60. The summed E-state index contributed by atoms with van der Waals surface area (Å²) in [6, 6.07) is 16.5. The van der Waals surface area contributed by atoms with Crippen molar-refractivity contribution in [2.45, 2.75) is 19.6 Å². The van der Waals surface area contributed by atoms with E-state index in [1.165, 1.54) is 17.9 Å². The minimum atomic E-state index is -0.554. The summed E-state index contributed by atoms with van der Waals surface area (Å²) in [4.78, 5) is 24.6. The summed E-state index contributed by atoms with van der Waals surface area (Å²) in [5.74, 6) is -0.623. The van der Waals surface area contributed by atoms with Crippen LogP contribution in [0.1, 0.15) is 12.5 Å². The molecule has 0 spiro atoms. The van der Waals surface area contributed by atoms with Gasteiger partial charge in [-0.3, -0.25) is 9.69 Å². The van der Waals surface area contributed by atoms with Crippen molar-refractivity contribution in [3.8, 4) is 11.1 Å². The molecule has 2 heterocycles. The molecule has 0 bridgehead atoms. The Hall–Kier alpha value is -3.26. The number of hydrogen-bond donors (Lipinski definition) is 1. The van der Waals surface area contributed by atoms with Crippen LogP contribution in [0.3, 0.4) is 0 Å². The molecule has 0 unspecified atom stereocenters. The first-order valence-electron chi connectivity index (χ1n) is 10.1. The minimum absolute atomic E-state index is 0.198. The van der Waals surface area contributed by atoms with E-state index in [1.54, 1.807) is 12.1 Å². The van der Waals surface area contributed by atoms with E-state index in [-0.39, 0.29) is 19.0 Å². The molecule has 1 N–H and O–H groups in total. The molecule has 1 saturated heterocycles. The number of carbonyl (C=O) groups excluding carboxylic acids is 2. The van der Waals surface area contributed by atoms with Crippen molar-refractivity contribution in [1.82, 2.24) is 5.32 Å². The number of hydrogen-bond acceptors (Lipinski definition) is 3. The second-order valence-corrected chi connectivity index (χ2v) is 8.52. The van der Waals surface area contributed by atoms with Crippen LogP contribution >= 0.6 is 15.9 Å². The fraction of sp³-hybridized carbons (Fsp3) is 0.208. The Morgan fingerprint density at radius 1 is 1.19 bits per heavy atom. The van der Waals surface area contributed by atoms with Gasteiger partial charge in [-0.15, -0.1) is 0 Å². The van der Waals surface area contributed by atoms with Gasteiger partial charge in [-0.1, -0.05) is 28.1 Å². The number of carbonyl (C=O) groups is 2. The molecule has 164 valence electrons. The number of halogens is 2. The zero-order chi connectivity index (χ0) is 22.7. The van der Waals surface area contributed by atoms with E-state index >= 15 is 0 Å². The third-order valence-electron chi connectivity index (χ3n) is 5.20. The van der Waals surface area contributed by atoms with Gasteiger partial charge < -0.3 is 10.1 Å². The fourth-order valence-corrected chi connectivity index (χ4v) is 3.81. The highest BCUT2D eigenvalue weighted by Gasteiger charge is 2.32. The van der Waals surface area contributed by atoms with Gasteiger partial charge in [-0.2, -0.15) is 0 Å². The molecule has 0 radical (unpaired) electrons. The summed E-state index contributed by atoms with van der Waals surface area (Å²) in [6.07, 6.45) is 2.80. The van der Waals surface area contributed by atoms with Gasteiger partial charge in [0.1, 0.15) is 11.9 Å². The number of nitrogens with one attached hydrogen (secondary N) is 1. The molecule has 8 heteroatoms. The summed E-state index contributed by atoms with van der Waals surface area (Å²) in [7, 11) is 0. The molecule has 0 saturated carbocycles. The number of pyridine rings is 1. The zero-order valence-electron chi connectivity index (χ0n) is 17.4. The molecule has 1 aliphatic rings. The Balaban J connectivity index is 1.45. The topological polar surface area (TPSA) is 62.5 Å². The summed E-state index contributed by atoms with van der Waals surface area (Å²) >= 11 is 3.43. The van der Waals surface area contributed by atoms with Crippen molar-refractivity contribution in [3.63, 3.8) is 0 Å². The van der Waals surface area contributed by atoms with Crippen molar-refractivity contribution >= 4 is 33.6 Å². The van der Waals surface area contributed by atoms with E-state index in [1.807, 2.05) is 53.4 Å². The quantitative estimate of drug-likeness (QED) is 0.521. The minimum Gasteiger partial charge on any atom is -0.442 e. The molecule has 1 aromatic heterocycles. The van der Waals surface area contributed by atoms with Gasteiger partial charge in [0, 0.05) is 34.7 Å². The van der Waals surface area contributed by atoms with Crippen LogP contribution < -0.4 is 14.8 Å². The van der Waals surface area contributed by atoms with Crippen molar-refractivity contribution in [2.24, 2.45) is 0 Å². The third kappa shape index (κ3) is 5.13. The molecular weight excluding hydrogens is 477 g/mol. The van der Waals surface area contributed by atoms with Crippen molar-refractivity contribution in [1.29, 1.82) is 0 Å². The maximum absolute atomic E-state index is 14.9. The molecule has 1 aliphatic heterocycles. The number of anilines is 1. The molecule has 1 fully saturated rings. The summed E-state index contributed by atoms with van der Waals surface area (Å²) in [5, 5.41) is 2.62. The molecule has 2 aromatic carbocycles. The molecule has 1 atom stereocenters. The van der Waals surface area contributed by atoms with Crippen LogP contribution in [0.4, 0.5) is 14.9 Å². The average Bonchev–Trinajstić information content (AvgIpc) is 3.15. The van der Waals surface area contributed by atoms with Crippen LogP contribution in [0, 0.1) is 5.82 Å².